The van der Waals surface area contributed by atoms with Gasteiger partial charge >= 0.3 is 0 Å². The summed E-state index contributed by atoms with van der Waals surface area (Å²) < 4.78 is 11.8. The predicted octanol–water partition coefficient (Wildman–Crippen LogP) is 4.71. The summed E-state index contributed by atoms with van der Waals surface area (Å²) in [5.74, 6) is -0.450. The Balaban J connectivity index is 1.54. The zero-order valence-corrected chi connectivity index (χ0v) is 21.6. The smallest absolute Gasteiger partial charge is 0.256 e. The van der Waals surface area contributed by atoms with E-state index in [1.807, 2.05) is 13.0 Å². The van der Waals surface area contributed by atoms with Crippen LogP contribution in [-0.2, 0) is 16.9 Å². The number of anilines is 1. The zero-order chi connectivity index (χ0) is 27.0. The van der Waals surface area contributed by atoms with E-state index in [9.17, 15) is 20.2 Å². The predicted molar refractivity (Wildman–Crippen MR) is 141 cm³/mol. The highest BCUT2D eigenvalue weighted by Gasteiger charge is 2.68. The van der Waals surface area contributed by atoms with Gasteiger partial charge in [-0.2, -0.15) is 5.26 Å². The fourth-order valence-electron chi connectivity index (χ4n) is 5.69. The number of fused-ring (bicyclic) bond motifs is 2. The summed E-state index contributed by atoms with van der Waals surface area (Å²) >= 11 is 6.68. The number of ether oxygens (including phenoxy) is 2. The van der Waals surface area contributed by atoms with Gasteiger partial charge in [-0.3, -0.25) is 19.8 Å². The van der Waals surface area contributed by atoms with Gasteiger partial charge in [0.05, 0.1) is 29.2 Å². The van der Waals surface area contributed by atoms with Crippen LogP contribution in [0.5, 0.6) is 11.5 Å². The fourth-order valence-corrected chi connectivity index (χ4v) is 5.96. The van der Waals surface area contributed by atoms with E-state index in [1.54, 1.807) is 66.5 Å². The first-order valence-electron chi connectivity index (χ1n) is 12.2. The highest BCUT2D eigenvalue weighted by molar-refractivity contribution is 6.32. The number of hydrogen-bond donors (Lipinski definition) is 1. The van der Waals surface area contributed by atoms with Crippen molar-refractivity contribution >= 4 is 23.2 Å². The Morgan fingerprint density at radius 3 is 2.68 bits per heavy atom. The number of carbonyl (C=O) groups excluding carboxylic acids is 1. The second kappa shape index (κ2) is 9.97. The molecule has 3 aromatic carbocycles. The largest absolute Gasteiger partial charge is 0.490 e. The number of nitrogens with one attached hydrogen (secondary N) is 1. The van der Waals surface area contributed by atoms with Crippen LogP contribution in [0.2, 0.25) is 5.02 Å². The van der Waals surface area contributed by atoms with Crippen molar-refractivity contribution in [1.29, 1.82) is 5.26 Å². The van der Waals surface area contributed by atoms with Crippen LogP contribution < -0.4 is 14.8 Å². The van der Waals surface area contributed by atoms with Crippen LogP contribution in [0.3, 0.4) is 0 Å². The van der Waals surface area contributed by atoms with Crippen molar-refractivity contribution in [2.45, 2.75) is 31.0 Å². The van der Waals surface area contributed by atoms with Crippen LogP contribution in [0.1, 0.15) is 35.1 Å². The maximum Gasteiger partial charge on any atom is 0.256 e. The van der Waals surface area contributed by atoms with Crippen molar-refractivity contribution in [2.75, 3.05) is 25.5 Å². The second-order valence-electron chi connectivity index (χ2n) is 9.30. The molecule has 3 atom stereocenters. The standard InChI is InChI=1S/C28H25ClN4O5/c1-3-37-24-13-19(12-22(29)25(24)38-16-18-9-5-4-8-17(18)14-30)20-15-32(2)28(26(20)33(35)36)21-10-6-7-11-23(21)31-27(28)34/h4-13,20,26H,3,15-16H2,1-2H3,(H,31,34)/t20-,26+,28+/m0/s1. The molecule has 1 saturated heterocycles. The van der Waals surface area contributed by atoms with Crippen molar-refractivity contribution in [2.24, 2.45) is 0 Å². The summed E-state index contributed by atoms with van der Waals surface area (Å²) in [4.78, 5) is 27.4. The van der Waals surface area contributed by atoms with Crippen LogP contribution in [0.25, 0.3) is 0 Å². The van der Waals surface area contributed by atoms with Gasteiger partial charge in [0.1, 0.15) is 6.61 Å². The van der Waals surface area contributed by atoms with Crippen molar-refractivity contribution in [1.82, 2.24) is 4.90 Å². The third kappa shape index (κ3) is 3.93. The van der Waals surface area contributed by atoms with E-state index in [4.69, 9.17) is 21.1 Å². The molecule has 1 fully saturated rings. The first-order valence-corrected chi connectivity index (χ1v) is 12.5. The number of hydrogen-bond acceptors (Lipinski definition) is 7. The molecule has 3 aromatic rings. The number of nitro groups is 1. The molecular weight excluding hydrogens is 508 g/mol. The van der Waals surface area contributed by atoms with E-state index in [0.29, 0.717) is 40.3 Å². The Morgan fingerprint density at radius 1 is 1.21 bits per heavy atom. The van der Waals surface area contributed by atoms with Crippen molar-refractivity contribution < 1.29 is 19.2 Å². The lowest BCUT2D eigenvalue weighted by Crippen LogP contribution is -2.54. The molecule has 5 rings (SSSR count). The minimum absolute atomic E-state index is 0.0899. The molecule has 1 spiro atoms. The normalized spacial score (nSPS) is 22.1. The van der Waals surface area contributed by atoms with Gasteiger partial charge in [-0.25, -0.2) is 0 Å². The quantitative estimate of drug-likeness (QED) is 0.346. The number of benzene rings is 3. The summed E-state index contributed by atoms with van der Waals surface area (Å²) in [6.45, 7) is 2.47. The number of rotatable bonds is 7. The van der Waals surface area contributed by atoms with Gasteiger partial charge in [-0.05, 0) is 43.8 Å². The Bertz CT molecular complexity index is 1470. The molecule has 2 heterocycles. The maximum atomic E-state index is 13.4. The van der Waals surface area contributed by atoms with E-state index >= 15 is 0 Å². The first kappa shape index (κ1) is 25.5. The third-order valence-electron chi connectivity index (χ3n) is 7.31. The third-order valence-corrected chi connectivity index (χ3v) is 7.59. The van der Waals surface area contributed by atoms with Gasteiger partial charge in [0.2, 0.25) is 0 Å². The van der Waals surface area contributed by atoms with Crippen LogP contribution in [0.15, 0.2) is 60.7 Å². The van der Waals surface area contributed by atoms with E-state index in [2.05, 4.69) is 11.4 Å². The molecule has 2 aliphatic heterocycles. The summed E-state index contributed by atoms with van der Waals surface area (Å²) in [5.41, 5.74) is 1.46. The highest BCUT2D eigenvalue weighted by Crippen LogP contribution is 2.53. The van der Waals surface area contributed by atoms with Crippen molar-refractivity contribution in [3.63, 3.8) is 0 Å². The molecule has 9 nitrogen and oxygen atoms in total. The molecule has 194 valence electrons. The van der Waals surface area contributed by atoms with Crippen LogP contribution in [0.4, 0.5) is 5.69 Å². The van der Waals surface area contributed by atoms with Gasteiger partial charge in [-0.1, -0.05) is 48.0 Å². The minimum Gasteiger partial charge on any atom is -0.490 e. The van der Waals surface area contributed by atoms with E-state index in [1.165, 1.54) is 0 Å². The Labute approximate surface area is 224 Å². The lowest BCUT2D eigenvalue weighted by Gasteiger charge is -2.30. The second-order valence-corrected chi connectivity index (χ2v) is 9.71. The van der Waals surface area contributed by atoms with E-state index in [0.717, 1.165) is 0 Å². The molecule has 10 heteroatoms. The molecule has 0 aliphatic carbocycles. The van der Waals surface area contributed by atoms with Gasteiger partial charge in [0.15, 0.2) is 17.0 Å². The molecule has 1 N–H and O–H groups in total. The minimum atomic E-state index is -1.46. The fraction of sp³-hybridized carbons (Fsp3) is 0.286. The molecule has 0 radical (unpaired) electrons. The average molecular weight is 533 g/mol. The molecule has 2 aliphatic rings. The maximum absolute atomic E-state index is 13.4. The van der Waals surface area contributed by atoms with Crippen molar-refractivity contribution in [3.8, 4) is 17.6 Å². The van der Waals surface area contributed by atoms with Crippen molar-refractivity contribution in [3.05, 3.63) is 98.1 Å². The molecule has 38 heavy (non-hydrogen) atoms. The Hall–Kier alpha value is -4.13. The Morgan fingerprint density at radius 2 is 1.95 bits per heavy atom. The number of likely N-dealkylation sites (N-methyl/N-ethyl adjacent to an activating group) is 1. The summed E-state index contributed by atoms with van der Waals surface area (Å²) in [7, 11) is 1.73. The summed E-state index contributed by atoms with van der Waals surface area (Å²) in [6.07, 6.45) is 0. The molecular formula is C28H25ClN4O5. The molecule has 0 saturated carbocycles. The van der Waals surface area contributed by atoms with Gasteiger partial charge in [0.25, 0.3) is 11.9 Å². The van der Waals surface area contributed by atoms with Gasteiger partial charge in [0, 0.05) is 28.3 Å². The lowest BCUT2D eigenvalue weighted by molar-refractivity contribution is -0.534. The summed E-state index contributed by atoms with van der Waals surface area (Å²) in [5, 5.41) is 25.1. The molecule has 0 bridgehead atoms. The van der Waals surface area contributed by atoms with Gasteiger partial charge < -0.3 is 14.8 Å². The van der Waals surface area contributed by atoms with Crippen LogP contribution in [0, 0.1) is 21.4 Å². The number of nitrogens with zero attached hydrogens (tertiary/aromatic N) is 3. The lowest BCUT2D eigenvalue weighted by atomic mass is 9.79. The first-order chi connectivity index (χ1) is 18.3. The molecule has 0 aromatic heterocycles. The Kier molecular flexibility index (Phi) is 6.69. The van der Waals surface area contributed by atoms with Crippen LogP contribution >= 0.6 is 11.6 Å². The number of para-hydroxylation sites is 1. The number of halogens is 1. The monoisotopic (exact) mass is 532 g/mol. The number of nitriles is 1. The zero-order valence-electron chi connectivity index (χ0n) is 20.8. The number of amides is 1. The highest BCUT2D eigenvalue weighted by atomic mass is 35.5. The molecule has 1 amide bonds. The topological polar surface area (TPSA) is 118 Å². The van der Waals surface area contributed by atoms with Gasteiger partial charge in [-0.15, -0.1) is 0 Å². The van der Waals surface area contributed by atoms with E-state index < -0.39 is 23.4 Å². The average Bonchev–Trinajstić information content (AvgIpc) is 3.38. The SMILES string of the molecule is CCOc1cc([C@@H]2CN(C)[C@@]3(C(=O)Nc4ccccc43)[C@@H]2[N+](=O)[O-])cc(Cl)c1OCc1ccccc1C#N. The molecule has 0 unspecified atom stereocenters. The number of carbonyl (C=O) groups is 1. The van der Waals surface area contributed by atoms with Crippen LogP contribution in [-0.4, -0.2) is 42.0 Å². The number of likely N-dealkylation sites (tertiary alicyclic amines) is 1. The summed E-state index contributed by atoms with van der Waals surface area (Å²) in [6, 6.07) is 18.4. The van der Waals surface area contributed by atoms with E-state index in [-0.39, 0.29) is 28.8 Å².